The largest absolute Gasteiger partial charge is 0.507 e. The predicted octanol–water partition coefficient (Wildman–Crippen LogP) is 4.83. The quantitative estimate of drug-likeness (QED) is 0.363. The molecule has 0 aliphatic carbocycles. The Bertz CT molecular complexity index is 1130. The standard InChI is InChI=1S/C24H20FNO5/c1-14(2)31-18-11-5-15(6-12-18)22(27)20-21(19-4-3-13-30-19)26(24(29)23(20)28)17-9-7-16(25)8-10-17/h3-14,21,27H,1-2H3/b22-20-. The lowest BCUT2D eigenvalue weighted by atomic mass is 9.99. The first-order chi connectivity index (χ1) is 14.9. The number of furan rings is 1. The van der Waals surface area contributed by atoms with Gasteiger partial charge in [-0.25, -0.2) is 4.39 Å². The van der Waals surface area contributed by atoms with E-state index in [9.17, 15) is 19.1 Å². The van der Waals surface area contributed by atoms with Crippen LogP contribution in [0.4, 0.5) is 10.1 Å². The maximum absolute atomic E-state index is 13.4. The van der Waals surface area contributed by atoms with E-state index in [1.54, 1.807) is 36.4 Å². The summed E-state index contributed by atoms with van der Waals surface area (Å²) in [5.41, 5.74) is 0.552. The van der Waals surface area contributed by atoms with Crippen LogP contribution in [0.25, 0.3) is 5.76 Å². The molecule has 1 aromatic heterocycles. The third-order valence-corrected chi connectivity index (χ3v) is 4.86. The maximum atomic E-state index is 13.4. The molecular formula is C24H20FNO5. The van der Waals surface area contributed by atoms with Gasteiger partial charge in [-0.3, -0.25) is 14.5 Å². The minimum atomic E-state index is -0.993. The first-order valence-electron chi connectivity index (χ1n) is 9.74. The molecule has 1 atom stereocenters. The number of nitrogens with zero attached hydrogens (tertiary/aromatic N) is 1. The molecule has 7 heteroatoms. The smallest absolute Gasteiger partial charge is 0.300 e. The fourth-order valence-electron chi connectivity index (χ4n) is 3.54. The molecule has 0 spiro atoms. The van der Waals surface area contributed by atoms with Gasteiger partial charge in [0.2, 0.25) is 0 Å². The summed E-state index contributed by atoms with van der Waals surface area (Å²) in [7, 11) is 0. The Hall–Kier alpha value is -3.87. The van der Waals surface area contributed by atoms with Crippen LogP contribution in [0, 0.1) is 5.82 Å². The van der Waals surface area contributed by atoms with Crippen molar-refractivity contribution >= 4 is 23.1 Å². The second kappa shape index (κ2) is 8.10. The molecule has 1 N–H and O–H groups in total. The monoisotopic (exact) mass is 421 g/mol. The van der Waals surface area contributed by atoms with E-state index >= 15 is 0 Å². The van der Waals surface area contributed by atoms with Crippen molar-refractivity contribution in [3.05, 3.63) is 89.6 Å². The number of amides is 1. The molecule has 1 aliphatic rings. The summed E-state index contributed by atoms with van der Waals surface area (Å²) in [5.74, 6) is -1.59. The summed E-state index contributed by atoms with van der Waals surface area (Å²) < 4.78 is 24.5. The zero-order valence-electron chi connectivity index (χ0n) is 16.9. The van der Waals surface area contributed by atoms with E-state index in [-0.39, 0.29) is 17.4 Å². The van der Waals surface area contributed by atoms with Crippen LogP contribution < -0.4 is 9.64 Å². The number of anilines is 1. The van der Waals surface area contributed by atoms with E-state index < -0.39 is 23.5 Å². The average Bonchev–Trinajstić information content (AvgIpc) is 3.36. The van der Waals surface area contributed by atoms with Crippen LogP contribution in [0.3, 0.4) is 0 Å². The fraction of sp³-hybridized carbons (Fsp3) is 0.167. The number of aliphatic hydroxyl groups is 1. The van der Waals surface area contributed by atoms with Crippen LogP contribution in [0.15, 0.2) is 76.9 Å². The molecule has 6 nitrogen and oxygen atoms in total. The normalized spacial score (nSPS) is 18.1. The fourth-order valence-corrected chi connectivity index (χ4v) is 3.54. The molecule has 158 valence electrons. The topological polar surface area (TPSA) is 80.0 Å². The number of ether oxygens (including phenoxy) is 1. The second-order valence-corrected chi connectivity index (χ2v) is 7.35. The summed E-state index contributed by atoms with van der Waals surface area (Å²) in [6.07, 6.45) is 1.40. The van der Waals surface area contributed by atoms with Crippen molar-refractivity contribution in [3.8, 4) is 5.75 Å². The molecule has 0 radical (unpaired) electrons. The molecule has 3 aromatic rings. The lowest BCUT2D eigenvalue weighted by molar-refractivity contribution is -0.132. The van der Waals surface area contributed by atoms with Gasteiger partial charge in [-0.2, -0.15) is 0 Å². The first-order valence-corrected chi connectivity index (χ1v) is 9.74. The highest BCUT2D eigenvalue weighted by Gasteiger charge is 2.48. The van der Waals surface area contributed by atoms with Gasteiger partial charge in [0.05, 0.1) is 17.9 Å². The molecule has 1 fully saturated rings. The van der Waals surface area contributed by atoms with Crippen molar-refractivity contribution in [2.75, 3.05) is 4.90 Å². The number of hydrogen-bond acceptors (Lipinski definition) is 5. The average molecular weight is 421 g/mol. The molecule has 2 heterocycles. The number of carbonyl (C=O) groups excluding carboxylic acids is 2. The van der Waals surface area contributed by atoms with Gasteiger partial charge in [-0.15, -0.1) is 0 Å². The minimum absolute atomic E-state index is 0.0144. The van der Waals surface area contributed by atoms with E-state index in [1.165, 1.54) is 35.4 Å². The Kier molecular flexibility index (Phi) is 5.33. The Morgan fingerprint density at radius 3 is 2.32 bits per heavy atom. The van der Waals surface area contributed by atoms with E-state index in [0.29, 0.717) is 22.8 Å². The number of carbonyl (C=O) groups is 2. The predicted molar refractivity (Wildman–Crippen MR) is 112 cm³/mol. The number of Topliss-reactive ketones (excluding diaryl/α,β-unsaturated/α-hetero) is 1. The zero-order chi connectivity index (χ0) is 22.1. The number of hydrogen-bond donors (Lipinski definition) is 1. The van der Waals surface area contributed by atoms with Crippen molar-refractivity contribution in [2.45, 2.75) is 26.0 Å². The van der Waals surface area contributed by atoms with E-state index in [1.807, 2.05) is 13.8 Å². The lowest BCUT2D eigenvalue weighted by Gasteiger charge is -2.23. The zero-order valence-corrected chi connectivity index (χ0v) is 16.9. The molecule has 4 rings (SSSR count). The van der Waals surface area contributed by atoms with E-state index in [2.05, 4.69) is 0 Å². The van der Waals surface area contributed by atoms with Gasteiger partial charge < -0.3 is 14.3 Å². The molecule has 0 saturated carbocycles. The third-order valence-electron chi connectivity index (χ3n) is 4.86. The first kappa shape index (κ1) is 20.4. The van der Waals surface area contributed by atoms with E-state index in [0.717, 1.165) is 0 Å². The van der Waals surface area contributed by atoms with Crippen molar-refractivity contribution in [2.24, 2.45) is 0 Å². The highest BCUT2D eigenvalue weighted by Crippen LogP contribution is 2.42. The summed E-state index contributed by atoms with van der Waals surface area (Å²) in [6, 6.07) is 14.0. The van der Waals surface area contributed by atoms with Crippen molar-refractivity contribution in [1.82, 2.24) is 0 Å². The van der Waals surface area contributed by atoms with Gasteiger partial charge in [-0.1, -0.05) is 0 Å². The number of benzene rings is 2. The molecule has 1 amide bonds. The highest BCUT2D eigenvalue weighted by molar-refractivity contribution is 6.51. The number of ketones is 1. The third kappa shape index (κ3) is 3.82. The molecule has 1 aliphatic heterocycles. The lowest BCUT2D eigenvalue weighted by Crippen LogP contribution is -2.29. The van der Waals surface area contributed by atoms with Crippen LogP contribution in [-0.2, 0) is 9.59 Å². The van der Waals surface area contributed by atoms with Crippen LogP contribution >= 0.6 is 0 Å². The van der Waals surface area contributed by atoms with Gasteiger partial charge in [0.25, 0.3) is 11.7 Å². The Morgan fingerprint density at radius 1 is 1.06 bits per heavy atom. The summed E-state index contributed by atoms with van der Waals surface area (Å²) >= 11 is 0. The van der Waals surface area contributed by atoms with Gasteiger partial charge >= 0.3 is 0 Å². The minimum Gasteiger partial charge on any atom is -0.507 e. The molecular weight excluding hydrogens is 401 g/mol. The highest BCUT2D eigenvalue weighted by atomic mass is 19.1. The summed E-state index contributed by atoms with van der Waals surface area (Å²) in [5, 5.41) is 11.0. The van der Waals surface area contributed by atoms with Crippen LogP contribution in [0.1, 0.15) is 31.2 Å². The summed E-state index contributed by atoms with van der Waals surface area (Å²) in [6.45, 7) is 3.79. The van der Waals surface area contributed by atoms with Crippen molar-refractivity contribution in [1.29, 1.82) is 0 Å². The molecule has 1 saturated heterocycles. The Balaban J connectivity index is 1.82. The van der Waals surface area contributed by atoms with E-state index in [4.69, 9.17) is 9.15 Å². The summed E-state index contributed by atoms with van der Waals surface area (Å²) in [4.78, 5) is 27.0. The Morgan fingerprint density at radius 2 is 1.74 bits per heavy atom. The molecule has 1 unspecified atom stereocenters. The van der Waals surface area contributed by atoms with Gasteiger partial charge in [0.1, 0.15) is 29.1 Å². The second-order valence-electron chi connectivity index (χ2n) is 7.35. The number of rotatable bonds is 5. The van der Waals surface area contributed by atoms with Crippen LogP contribution in [0.2, 0.25) is 0 Å². The number of aliphatic hydroxyl groups excluding tert-OH is 1. The van der Waals surface area contributed by atoms with Crippen LogP contribution in [0.5, 0.6) is 5.75 Å². The van der Waals surface area contributed by atoms with Crippen LogP contribution in [-0.4, -0.2) is 22.9 Å². The molecule has 31 heavy (non-hydrogen) atoms. The van der Waals surface area contributed by atoms with Gasteiger partial charge in [-0.05, 0) is 74.5 Å². The molecule has 2 aromatic carbocycles. The van der Waals surface area contributed by atoms with Crippen molar-refractivity contribution < 1.29 is 28.2 Å². The molecule has 0 bridgehead atoms. The SMILES string of the molecule is CC(C)Oc1ccc(/C(O)=C2/C(=O)C(=O)N(c3ccc(F)cc3)C2c2ccco2)cc1. The number of halogens is 1. The maximum Gasteiger partial charge on any atom is 0.300 e. The van der Waals surface area contributed by atoms with Gasteiger partial charge in [0, 0.05) is 11.3 Å². The Labute approximate surface area is 178 Å². The van der Waals surface area contributed by atoms with Crippen molar-refractivity contribution in [3.63, 3.8) is 0 Å². The van der Waals surface area contributed by atoms with Gasteiger partial charge in [0.15, 0.2) is 0 Å².